The number of ether oxygens (including phenoxy) is 1. The van der Waals surface area contributed by atoms with Crippen molar-refractivity contribution in [3.8, 4) is 0 Å². The molecule has 0 aliphatic heterocycles. The number of nitrogens with zero attached hydrogens (tertiary/aromatic N) is 1. The smallest absolute Gasteiger partial charge is 0.331 e. The lowest BCUT2D eigenvalue weighted by molar-refractivity contribution is -0.149. The standard InChI is InChI=1S/C17H19N3O4S/c1-10(2)18-17(23)20-16(22)11(3)24-15(21)9-8-14-19-12-6-4-5-7-13(12)25-14/h4-11H,1-3H3,(H2,18,20,22,23)/b9-8+/t11-/m1/s1. The molecule has 8 heteroatoms. The Morgan fingerprint density at radius 2 is 1.92 bits per heavy atom. The first-order chi connectivity index (χ1) is 11.8. The molecule has 0 fully saturated rings. The Kier molecular flexibility index (Phi) is 6.24. The molecule has 0 saturated heterocycles. The summed E-state index contributed by atoms with van der Waals surface area (Å²) >= 11 is 1.44. The number of esters is 1. The van der Waals surface area contributed by atoms with Gasteiger partial charge in [0.05, 0.1) is 10.2 Å². The fourth-order valence-corrected chi connectivity index (χ4v) is 2.75. The minimum atomic E-state index is -1.09. The molecule has 1 aromatic carbocycles. The monoisotopic (exact) mass is 361 g/mol. The molecule has 132 valence electrons. The third-order valence-corrected chi connectivity index (χ3v) is 3.99. The van der Waals surface area contributed by atoms with Gasteiger partial charge in [0.25, 0.3) is 5.91 Å². The van der Waals surface area contributed by atoms with E-state index in [0.29, 0.717) is 5.01 Å². The van der Waals surface area contributed by atoms with E-state index in [1.165, 1.54) is 30.4 Å². The summed E-state index contributed by atoms with van der Waals surface area (Å²) in [7, 11) is 0. The second-order valence-corrected chi connectivity index (χ2v) is 6.61. The number of imide groups is 1. The zero-order chi connectivity index (χ0) is 18.4. The van der Waals surface area contributed by atoms with E-state index < -0.39 is 24.0 Å². The summed E-state index contributed by atoms with van der Waals surface area (Å²) in [4.78, 5) is 39.4. The molecule has 7 nitrogen and oxygen atoms in total. The van der Waals surface area contributed by atoms with Crippen molar-refractivity contribution in [3.05, 3.63) is 35.3 Å². The van der Waals surface area contributed by atoms with Crippen LogP contribution >= 0.6 is 11.3 Å². The maximum atomic E-state index is 11.8. The van der Waals surface area contributed by atoms with Gasteiger partial charge < -0.3 is 10.1 Å². The number of rotatable bonds is 5. The van der Waals surface area contributed by atoms with Gasteiger partial charge in [-0.3, -0.25) is 10.1 Å². The van der Waals surface area contributed by atoms with Crippen LogP contribution in [0.4, 0.5) is 4.79 Å². The predicted octanol–water partition coefficient (Wildman–Crippen LogP) is 2.48. The van der Waals surface area contributed by atoms with E-state index in [9.17, 15) is 14.4 Å². The number of urea groups is 1. The van der Waals surface area contributed by atoms with Gasteiger partial charge in [0.2, 0.25) is 0 Å². The largest absolute Gasteiger partial charge is 0.449 e. The molecule has 2 N–H and O–H groups in total. The quantitative estimate of drug-likeness (QED) is 0.630. The number of benzene rings is 1. The van der Waals surface area contributed by atoms with Gasteiger partial charge in [-0.25, -0.2) is 14.6 Å². The summed E-state index contributed by atoms with van der Waals surface area (Å²) in [5.74, 6) is -1.38. The Labute approximate surface area is 149 Å². The third kappa shape index (κ3) is 5.68. The number of nitrogens with one attached hydrogen (secondary N) is 2. The highest BCUT2D eigenvalue weighted by atomic mass is 32.1. The Morgan fingerprint density at radius 3 is 2.60 bits per heavy atom. The molecule has 3 amide bonds. The highest BCUT2D eigenvalue weighted by molar-refractivity contribution is 7.19. The molecule has 2 rings (SSSR count). The minimum absolute atomic E-state index is 0.109. The zero-order valence-electron chi connectivity index (χ0n) is 14.1. The highest BCUT2D eigenvalue weighted by Crippen LogP contribution is 2.22. The second-order valence-electron chi connectivity index (χ2n) is 5.55. The number of thiazole rings is 1. The maximum absolute atomic E-state index is 11.8. The van der Waals surface area contributed by atoms with Gasteiger partial charge in [-0.05, 0) is 39.0 Å². The van der Waals surface area contributed by atoms with E-state index in [2.05, 4.69) is 15.6 Å². The summed E-state index contributed by atoms with van der Waals surface area (Å²) < 4.78 is 5.99. The Morgan fingerprint density at radius 1 is 1.20 bits per heavy atom. The van der Waals surface area contributed by atoms with Crippen LogP contribution in [0.25, 0.3) is 16.3 Å². The van der Waals surface area contributed by atoms with Crippen LogP contribution in [-0.4, -0.2) is 35.0 Å². The molecule has 2 aromatic rings. The molecule has 0 saturated carbocycles. The fourth-order valence-electron chi connectivity index (χ4n) is 1.88. The number of aromatic nitrogens is 1. The predicted molar refractivity (Wildman–Crippen MR) is 96.0 cm³/mol. The van der Waals surface area contributed by atoms with Crippen LogP contribution in [0.5, 0.6) is 0 Å². The van der Waals surface area contributed by atoms with Crippen molar-refractivity contribution in [3.63, 3.8) is 0 Å². The Balaban J connectivity index is 1.88. The van der Waals surface area contributed by atoms with E-state index in [4.69, 9.17) is 4.74 Å². The molecule has 0 spiro atoms. The molecule has 0 unspecified atom stereocenters. The normalized spacial score (nSPS) is 12.3. The molecular weight excluding hydrogens is 342 g/mol. The van der Waals surface area contributed by atoms with Gasteiger partial charge in [0.1, 0.15) is 5.01 Å². The average Bonchev–Trinajstić information content (AvgIpc) is 2.94. The van der Waals surface area contributed by atoms with Crippen molar-refractivity contribution >= 4 is 45.5 Å². The van der Waals surface area contributed by atoms with Crippen molar-refractivity contribution in [2.75, 3.05) is 0 Å². The number of amides is 3. The molecule has 0 radical (unpaired) electrons. The minimum Gasteiger partial charge on any atom is -0.449 e. The van der Waals surface area contributed by atoms with E-state index in [-0.39, 0.29) is 6.04 Å². The van der Waals surface area contributed by atoms with Crippen molar-refractivity contribution in [1.82, 2.24) is 15.6 Å². The first kappa shape index (κ1) is 18.6. The lowest BCUT2D eigenvalue weighted by Crippen LogP contribution is -2.46. The first-order valence-corrected chi connectivity index (χ1v) is 8.52. The van der Waals surface area contributed by atoms with Crippen molar-refractivity contribution in [1.29, 1.82) is 0 Å². The molecule has 0 aliphatic rings. The SMILES string of the molecule is CC(C)NC(=O)NC(=O)[C@@H](C)OC(=O)/C=C/c1nc2ccccc2s1. The average molecular weight is 361 g/mol. The Hall–Kier alpha value is -2.74. The van der Waals surface area contributed by atoms with E-state index in [1.54, 1.807) is 13.8 Å². The van der Waals surface area contributed by atoms with Crippen molar-refractivity contribution < 1.29 is 19.1 Å². The molecular formula is C17H19N3O4S. The lowest BCUT2D eigenvalue weighted by Gasteiger charge is -2.13. The third-order valence-electron chi connectivity index (χ3n) is 2.99. The molecule has 0 bridgehead atoms. The van der Waals surface area contributed by atoms with Crippen molar-refractivity contribution in [2.45, 2.75) is 32.9 Å². The highest BCUT2D eigenvalue weighted by Gasteiger charge is 2.19. The lowest BCUT2D eigenvalue weighted by atomic mass is 10.3. The van der Waals surface area contributed by atoms with Gasteiger partial charge in [-0.15, -0.1) is 11.3 Å². The molecule has 1 aromatic heterocycles. The number of carbonyl (C=O) groups is 3. The van der Waals surface area contributed by atoms with Crippen LogP contribution in [0.1, 0.15) is 25.8 Å². The fraction of sp³-hybridized carbons (Fsp3) is 0.294. The maximum Gasteiger partial charge on any atom is 0.331 e. The van der Waals surface area contributed by atoms with Crippen LogP contribution in [0.15, 0.2) is 30.3 Å². The summed E-state index contributed by atoms with van der Waals surface area (Å²) in [6.45, 7) is 4.92. The van der Waals surface area contributed by atoms with Gasteiger partial charge in [-0.1, -0.05) is 12.1 Å². The molecule has 1 heterocycles. The Bertz CT molecular complexity index is 780. The van der Waals surface area contributed by atoms with Gasteiger partial charge in [-0.2, -0.15) is 0 Å². The van der Waals surface area contributed by atoms with Crippen LogP contribution in [0.3, 0.4) is 0 Å². The topological polar surface area (TPSA) is 97.4 Å². The van der Waals surface area contributed by atoms with Gasteiger partial charge in [0.15, 0.2) is 6.10 Å². The first-order valence-electron chi connectivity index (χ1n) is 7.71. The molecule has 25 heavy (non-hydrogen) atoms. The van der Waals surface area contributed by atoms with E-state index >= 15 is 0 Å². The van der Waals surface area contributed by atoms with Crippen LogP contribution in [0.2, 0.25) is 0 Å². The summed E-state index contributed by atoms with van der Waals surface area (Å²) in [5, 5.41) is 5.28. The number of fused-ring (bicyclic) bond motifs is 1. The van der Waals surface area contributed by atoms with Crippen molar-refractivity contribution in [2.24, 2.45) is 0 Å². The van der Waals surface area contributed by atoms with Crippen LogP contribution in [-0.2, 0) is 14.3 Å². The van der Waals surface area contributed by atoms with E-state index in [1.807, 2.05) is 24.3 Å². The zero-order valence-corrected chi connectivity index (χ0v) is 14.9. The van der Waals surface area contributed by atoms with Gasteiger partial charge in [0, 0.05) is 12.1 Å². The van der Waals surface area contributed by atoms with Crippen LogP contribution in [0, 0.1) is 0 Å². The molecule has 1 atom stereocenters. The summed E-state index contributed by atoms with van der Waals surface area (Å²) in [6.07, 6.45) is 1.64. The summed E-state index contributed by atoms with van der Waals surface area (Å²) in [6, 6.07) is 6.89. The number of carbonyl (C=O) groups excluding carboxylic acids is 3. The van der Waals surface area contributed by atoms with E-state index in [0.717, 1.165) is 10.2 Å². The second kappa shape index (κ2) is 8.39. The number of hydrogen-bond donors (Lipinski definition) is 2. The van der Waals surface area contributed by atoms with Crippen LogP contribution < -0.4 is 10.6 Å². The number of hydrogen-bond acceptors (Lipinski definition) is 6. The van der Waals surface area contributed by atoms with Gasteiger partial charge >= 0.3 is 12.0 Å². The number of para-hydroxylation sites is 1. The molecule has 0 aliphatic carbocycles. The summed E-state index contributed by atoms with van der Waals surface area (Å²) in [5.41, 5.74) is 0.851.